The van der Waals surface area contributed by atoms with Gasteiger partial charge in [-0.25, -0.2) is 14.4 Å². The summed E-state index contributed by atoms with van der Waals surface area (Å²) in [5, 5.41) is 17.4. The Labute approximate surface area is 208 Å². The van der Waals surface area contributed by atoms with E-state index in [9.17, 15) is 19.1 Å². The standard InChI is InChI=1S/C24H30ClFN6O3/c1-13(2)27-11-24(35,16-5-6-17(25)18(26)9-16)23(34)32-8-7-31(10-14(32)3)21-19-15(4)22(33)30-20(19)28-12-29-21/h5-6,9,12-15,27,35H,7-8,10-11H2,1-4H3,(H,28,29,30,33)/t14-,15?,24+/m1/s1. The SMILES string of the molecule is CC(C)NC[C@@](O)(C(=O)N1CCN(c2ncnc3c2C(C)C(=O)N3)C[C@H]1C)c1ccc(Cl)c(F)c1. The number of anilines is 2. The Kier molecular flexibility index (Phi) is 6.99. The molecule has 188 valence electrons. The third-order valence-corrected chi connectivity index (χ3v) is 6.94. The molecule has 3 atom stereocenters. The number of nitrogens with zero attached hydrogens (tertiary/aromatic N) is 4. The Morgan fingerprint density at radius 2 is 2.09 bits per heavy atom. The van der Waals surface area contributed by atoms with Crippen molar-refractivity contribution in [3.63, 3.8) is 0 Å². The molecule has 1 aromatic heterocycles. The highest BCUT2D eigenvalue weighted by atomic mass is 35.5. The van der Waals surface area contributed by atoms with Crippen molar-refractivity contribution < 1.29 is 19.1 Å². The summed E-state index contributed by atoms with van der Waals surface area (Å²) in [5.41, 5.74) is -1.09. The number of hydrogen-bond donors (Lipinski definition) is 3. The quantitative estimate of drug-likeness (QED) is 0.553. The van der Waals surface area contributed by atoms with Gasteiger partial charge in [-0.15, -0.1) is 0 Å². The minimum Gasteiger partial charge on any atom is -0.374 e. The third kappa shape index (κ3) is 4.70. The lowest BCUT2D eigenvalue weighted by Crippen LogP contribution is -2.61. The maximum absolute atomic E-state index is 14.3. The first-order valence-corrected chi connectivity index (χ1v) is 12.0. The van der Waals surface area contributed by atoms with Gasteiger partial charge < -0.3 is 25.5 Å². The van der Waals surface area contributed by atoms with Crippen LogP contribution in [0.1, 0.15) is 44.7 Å². The molecule has 35 heavy (non-hydrogen) atoms. The zero-order chi connectivity index (χ0) is 25.5. The van der Waals surface area contributed by atoms with Crippen LogP contribution in [0, 0.1) is 5.82 Å². The summed E-state index contributed by atoms with van der Waals surface area (Å²) in [5.74, 6) is -0.538. The van der Waals surface area contributed by atoms with E-state index in [4.69, 9.17) is 11.6 Å². The minimum absolute atomic E-state index is 0.00101. The lowest BCUT2D eigenvalue weighted by Gasteiger charge is -2.44. The molecule has 11 heteroatoms. The number of amides is 2. The Morgan fingerprint density at radius 1 is 1.34 bits per heavy atom. The van der Waals surface area contributed by atoms with Crippen LogP contribution in [0.5, 0.6) is 0 Å². The number of nitrogens with one attached hydrogen (secondary N) is 2. The molecule has 0 bridgehead atoms. The second-order valence-electron chi connectivity index (χ2n) is 9.49. The van der Waals surface area contributed by atoms with Gasteiger partial charge in [-0.05, 0) is 31.5 Å². The largest absolute Gasteiger partial charge is 0.374 e. The number of carbonyl (C=O) groups excluding carboxylic acids is 2. The van der Waals surface area contributed by atoms with E-state index in [-0.39, 0.29) is 41.0 Å². The number of aromatic nitrogens is 2. The van der Waals surface area contributed by atoms with Crippen molar-refractivity contribution in [1.82, 2.24) is 20.2 Å². The first-order chi connectivity index (χ1) is 16.5. The fourth-order valence-corrected chi connectivity index (χ4v) is 4.71. The predicted octanol–water partition coefficient (Wildman–Crippen LogP) is 2.25. The fraction of sp³-hybridized carbons (Fsp3) is 0.500. The molecule has 3 N–H and O–H groups in total. The van der Waals surface area contributed by atoms with Crippen molar-refractivity contribution >= 4 is 35.1 Å². The maximum Gasteiger partial charge on any atom is 0.260 e. The molecule has 2 aromatic rings. The smallest absolute Gasteiger partial charge is 0.260 e. The molecule has 0 radical (unpaired) electrons. The van der Waals surface area contributed by atoms with Crippen LogP contribution in [0.2, 0.25) is 5.02 Å². The fourth-order valence-electron chi connectivity index (χ4n) is 4.59. The van der Waals surface area contributed by atoms with Crippen molar-refractivity contribution in [3.05, 3.63) is 46.5 Å². The normalized spacial score (nSPS) is 21.7. The molecule has 1 aromatic carbocycles. The second kappa shape index (κ2) is 9.67. The Morgan fingerprint density at radius 3 is 2.74 bits per heavy atom. The van der Waals surface area contributed by atoms with Crippen LogP contribution in [0.4, 0.5) is 16.0 Å². The van der Waals surface area contributed by atoms with E-state index in [0.717, 1.165) is 11.6 Å². The van der Waals surface area contributed by atoms with E-state index in [1.165, 1.54) is 18.5 Å². The summed E-state index contributed by atoms with van der Waals surface area (Å²) in [4.78, 5) is 38.1. The molecule has 4 rings (SSSR count). The number of fused-ring (bicyclic) bond motifs is 1. The van der Waals surface area contributed by atoms with Gasteiger partial charge in [0, 0.05) is 43.8 Å². The van der Waals surface area contributed by atoms with E-state index in [1.54, 1.807) is 4.90 Å². The monoisotopic (exact) mass is 504 g/mol. The van der Waals surface area contributed by atoms with Gasteiger partial charge in [-0.3, -0.25) is 9.59 Å². The summed E-state index contributed by atoms with van der Waals surface area (Å²) in [6.07, 6.45) is 1.42. The van der Waals surface area contributed by atoms with Crippen LogP contribution in [0.3, 0.4) is 0 Å². The lowest BCUT2D eigenvalue weighted by atomic mass is 9.90. The van der Waals surface area contributed by atoms with Gasteiger partial charge in [0.2, 0.25) is 5.91 Å². The minimum atomic E-state index is -1.98. The summed E-state index contributed by atoms with van der Waals surface area (Å²) >= 11 is 5.83. The number of halogens is 2. The van der Waals surface area contributed by atoms with Crippen LogP contribution in [-0.2, 0) is 15.2 Å². The van der Waals surface area contributed by atoms with Crippen molar-refractivity contribution in [2.24, 2.45) is 0 Å². The molecule has 0 spiro atoms. The van der Waals surface area contributed by atoms with Gasteiger partial charge in [-0.1, -0.05) is 31.5 Å². The van der Waals surface area contributed by atoms with E-state index in [2.05, 4.69) is 20.6 Å². The molecular weight excluding hydrogens is 475 g/mol. The van der Waals surface area contributed by atoms with E-state index < -0.39 is 17.3 Å². The third-order valence-electron chi connectivity index (χ3n) is 6.64. The van der Waals surface area contributed by atoms with Crippen molar-refractivity contribution in [2.45, 2.75) is 51.3 Å². The number of benzene rings is 1. The molecule has 2 aliphatic heterocycles. The Hall–Kier alpha value is -2.82. The van der Waals surface area contributed by atoms with Gasteiger partial charge in [0.25, 0.3) is 5.91 Å². The number of aliphatic hydroxyl groups is 1. The highest BCUT2D eigenvalue weighted by Crippen LogP contribution is 2.37. The molecule has 2 aliphatic rings. The molecule has 3 heterocycles. The first kappa shape index (κ1) is 25.3. The van der Waals surface area contributed by atoms with Crippen molar-refractivity contribution in [3.8, 4) is 0 Å². The van der Waals surface area contributed by atoms with Crippen molar-refractivity contribution in [1.29, 1.82) is 0 Å². The van der Waals surface area contributed by atoms with Crippen molar-refractivity contribution in [2.75, 3.05) is 36.4 Å². The topological polar surface area (TPSA) is 111 Å². The van der Waals surface area contributed by atoms with E-state index in [0.29, 0.717) is 31.3 Å². The molecule has 0 saturated carbocycles. The summed E-state index contributed by atoms with van der Waals surface area (Å²) < 4.78 is 14.3. The highest BCUT2D eigenvalue weighted by molar-refractivity contribution is 6.30. The zero-order valence-electron chi connectivity index (χ0n) is 20.2. The Balaban J connectivity index is 1.58. The molecule has 1 fully saturated rings. The van der Waals surface area contributed by atoms with Gasteiger partial charge in [-0.2, -0.15) is 0 Å². The average molecular weight is 505 g/mol. The van der Waals surface area contributed by atoms with Gasteiger partial charge in [0.05, 0.1) is 10.9 Å². The van der Waals surface area contributed by atoms with Gasteiger partial charge in [0.1, 0.15) is 23.8 Å². The van der Waals surface area contributed by atoms with Crippen LogP contribution >= 0.6 is 11.6 Å². The maximum atomic E-state index is 14.3. The van der Waals surface area contributed by atoms with Gasteiger partial charge in [0.15, 0.2) is 5.60 Å². The lowest BCUT2D eigenvalue weighted by molar-refractivity contribution is -0.155. The number of piperazine rings is 1. The predicted molar refractivity (Wildman–Crippen MR) is 131 cm³/mol. The van der Waals surface area contributed by atoms with E-state index in [1.807, 2.05) is 32.6 Å². The van der Waals surface area contributed by atoms with E-state index >= 15 is 0 Å². The van der Waals surface area contributed by atoms with Crippen LogP contribution in [0.15, 0.2) is 24.5 Å². The van der Waals surface area contributed by atoms with Crippen LogP contribution < -0.4 is 15.5 Å². The number of carbonyl (C=O) groups is 2. The zero-order valence-corrected chi connectivity index (χ0v) is 20.9. The molecule has 2 amide bonds. The first-order valence-electron chi connectivity index (χ1n) is 11.7. The number of hydrogen-bond acceptors (Lipinski definition) is 7. The highest BCUT2D eigenvalue weighted by Gasteiger charge is 2.44. The van der Waals surface area contributed by atoms with Crippen LogP contribution in [-0.4, -0.2) is 70.1 Å². The number of rotatable bonds is 6. The Bertz CT molecular complexity index is 1150. The second-order valence-corrected chi connectivity index (χ2v) is 9.90. The molecule has 1 saturated heterocycles. The van der Waals surface area contributed by atoms with Crippen LogP contribution in [0.25, 0.3) is 0 Å². The average Bonchev–Trinajstić information content (AvgIpc) is 3.12. The molecule has 1 unspecified atom stereocenters. The molecular formula is C24H30ClFN6O3. The van der Waals surface area contributed by atoms with Gasteiger partial charge >= 0.3 is 0 Å². The molecule has 0 aliphatic carbocycles. The summed E-state index contributed by atoms with van der Waals surface area (Å²) in [6.45, 7) is 8.62. The summed E-state index contributed by atoms with van der Waals surface area (Å²) in [6, 6.07) is 3.64. The molecule has 9 nitrogen and oxygen atoms in total. The summed E-state index contributed by atoms with van der Waals surface area (Å²) in [7, 11) is 0.